The molecule has 16 heavy (non-hydrogen) atoms. The van der Waals surface area contributed by atoms with E-state index in [1.807, 2.05) is 24.3 Å². The average Bonchev–Trinajstić information content (AvgIpc) is 2.75. The predicted molar refractivity (Wildman–Crippen MR) is 67.0 cm³/mol. The van der Waals surface area contributed by atoms with Gasteiger partial charge in [0.2, 0.25) is 5.89 Å². The minimum Gasteiger partial charge on any atom is -0.444 e. The largest absolute Gasteiger partial charge is 0.444 e. The van der Waals surface area contributed by atoms with E-state index in [1.165, 1.54) is 0 Å². The molecule has 0 fully saturated rings. The van der Waals surface area contributed by atoms with Gasteiger partial charge in [-0.1, -0.05) is 22.0 Å². The molecule has 1 aromatic heterocycles. The molecule has 0 atom stereocenters. The number of nitrogens with zero attached hydrogens (tertiary/aromatic N) is 1. The maximum atomic E-state index is 5.45. The molecule has 1 aromatic carbocycles. The molecule has 0 radical (unpaired) electrons. The zero-order valence-electron chi connectivity index (χ0n) is 8.82. The van der Waals surface area contributed by atoms with Gasteiger partial charge in [-0.15, -0.1) is 0 Å². The number of aryl methyl sites for hydroxylation is 1. The number of hydrogen-bond donors (Lipinski definition) is 1. The summed E-state index contributed by atoms with van der Waals surface area (Å²) in [5.41, 5.74) is 7.39. The van der Waals surface area contributed by atoms with Gasteiger partial charge in [-0.05, 0) is 37.6 Å². The maximum Gasteiger partial charge on any atom is 0.226 e. The van der Waals surface area contributed by atoms with Crippen molar-refractivity contribution >= 4 is 15.9 Å². The fraction of sp³-hybridized carbons (Fsp3) is 0.250. The van der Waals surface area contributed by atoms with Gasteiger partial charge in [0.1, 0.15) is 6.26 Å². The lowest BCUT2D eigenvalue weighted by Crippen LogP contribution is -2.00. The average molecular weight is 281 g/mol. The van der Waals surface area contributed by atoms with E-state index in [-0.39, 0.29) is 0 Å². The molecule has 0 amide bonds. The molecular formula is C12H13BrN2O. The zero-order valence-corrected chi connectivity index (χ0v) is 10.4. The summed E-state index contributed by atoms with van der Waals surface area (Å²) < 4.78 is 6.45. The Morgan fingerprint density at radius 3 is 3.00 bits per heavy atom. The van der Waals surface area contributed by atoms with Crippen molar-refractivity contribution in [3.05, 3.63) is 40.7 Å². The monoisotopic (exact) mass is 280 g/mol. The molecule has 0 aliphatic carbocycles. The minimum absolute atomic E-state index is 0.660. The minimum atomic E-state index is 0.660. The molecule has 0 aliphatic heterocycles. The van der Waals surface area contributed by atoms with Crippen molar-refractivity contribution in [3.63, 3.8) is 0 Å². The second kappa shape index (κ2) is 5.27. The van der Waals surface area contributed by atoms with Crippen LogP contribution in [0.4, 0.5) is 0 Å². The highest BCUT2D eigenvalue weighted by Crippen LogP contribution is 2.22. The smallest absolute Gasteiger partial charge is 0.226 e. The van der Waals surface area contributed by atoms with Gasteiger partial charge in [-0.3, -0.25) is 0 Å². The standard InChI is InChI=1S/C12H13BrN2O/c13-10-4-1-3-9(7-10)12-15-11(8-16-12)5-2-6-14/h1,3-4,7-8H,2,5-6,14H2. The van der Waals surface area contributed by atoms with E-state index in [0.29, 0.717) is 12.4 Å². The van der Waals surface area contributed by atoms with Crippen LogP contribution in [0.1, 0.15) is 12.1 Å². The van der Waals surface area contributed by atoms with Crippen LogP contribution in [-0.4, -0.2) is 11.5 Å². The van der Waals surface area contributed by atoms with Crippen LogP contribution in [0.3, 0.4) is 0 Å². The Morgan fingerprint density at radius 1 is 1.38 bits per heavy atom. The molecule has 84 valence electrons. The molecule has 3 nitrogen and oxygen atoms in total. The van der Waals surface area contributed by atoms with Crippen LogP contribution in [0, 0.1) is 0 Å². The van der Waals surface area contributed by atoms with Gasteiger partial charge in [0.15, 0.2) is 0 Å². The van der Waals surface area contributed by atoms with E-state index in [2.05, 4.69) is 20.9 Å². The summed E-state index contributed by atoms with van der Waals surface area (Å²) >= 11 is 3.42. The first-order valence-corrected chi connectivity index (χ1v) is 5.99. The lowest BCUT2D eigenvalue weighted by Gasteiger charge is -1.95. The first-order valence-electron chi connectivity index (χ1n) is 5.20. The summed E-state index contributed by atoms with van der Waals surface area (Å²) in [6.45, 7) is 0.680. The number of hydrogen-bond acceptors (Lipinski definition) is 3. The van der Waals surface area contributed by atoms with Crippen molar-refractivity contribution in [2.75, 3.05) is 6.54 Å². The zero-order chi connectivity index (χ0) is 11.4. The molecule has 2 N–H and O–H groups in total. The van der Waals surface area contributed by atoms with E-state index in [9.17, 15) is 0 Å². The number of aromatic nitrogens is 1. The Hall–Kier alpha value is -1.13. The normalized spacial score (nSPS) is 10.6. The van der Waals surface area contributed by atoms with Crippen LogP contribution < -0.4 is 5.73 Å². The van der Waals surface area contributed by atoms with Crippen LogP contribution in [0.15, 0.2) is 39.4 Å². The van der Waals surface area contributed by atoms with Gasteiger partial charge in [0.25, 0.3) is 0 Å². The number of halogens is 1. The first kappa shape index (κ1) is 11.4. The van der Waals surface area contributed by atoms with Gasteiger partial charge in [0, 0.05) is 10.0 Å². The van der Waals surface area contributed by atoms with Crippen LogP contribution in [0.2, 0.25) is 0 Å². The van der Waals surface area contributed by atoms with Crippen LogP contribution in [0.25, 0.3) is 11.5 Å². The Kier molecular flexibility index (Phi) is 3.74. The Labute approximate surface area is 103 Å². The Morgan fingerprint density at radius 2 is 2.25 bits per heavy atom. The van der Waals surface area contributed by atoms with E-state index in [1.54, 1.807) is 6.26 Å². The molecular weight excluding hydrogens is 268 g/mol. The van der Waals surface area contributed by atoms with Crippen LogP contribution in [-0.2, 0) is 6.42 Å². The number of benzene rings is 1. The molecule has 0 spiro atoms. The van der Waals surface area contributed by atoms with Gasteiger partial charge in [-0.2, -0.15) is 0 Å². The third kappa shape index (κ3) is 2.71. The molecule has 0 unspecified atom stereocenters. The summed E-state index contributed by atoms with van der Waals surface area (Å²) in [5.74, 6) is 0.660. The van der Waals surface area contributed by atoms with Gasteiger partial charge in [-0.25, -0.2) is 4.98 Å². The summed E-state index contributed by atoms with van der Waals surface area (Å²) in [6, 6.07) is 7.90. The maximum absolute atomic E-state index is 5.45. The first-order chi connectivity index (χ1) is 7.79. The van der Waals surface area contributed by atoms with E-state index in [0.717, 1.165) is 28.6 Å². The number of rotatable bonds is 4. The van der Waals surface area contributed by atoms with Crippen molar-refractivity contribution in [2.45, 2.75) is 12.8 Å². The van der Waals surface area contributed by atoms with E-state index < -0.39 is 0 Å². The van der Waals surface area contributed by atoms with E-state index in [4.69, 9.17) is 10.2 Å². The van der Waals surface area contributed by atoms with Crippen molar-refractivity contribution in [2.24, 2.45) is 5.73 Å². The SMILES string of the molecule is NCCCc1coc(-c2cccc(Br)c2)n1. The van der Waals surface area contributed by atoms with Crippen molar-refractivity contribution in [3.8, 4) is 11.5 Å². The van der Waals surface area contributed by atoms with Gasteiger partial charge >= 0.3 is 0 Å². The van der Waals surface area contributed by atoms with Gasteiger partial charge in [0.05, 0.1) is 5.69 Å². The molecule has 0 saturated heterocycles. The summed E-state index contributed by atoms with van der Waals surface area (Å²) in [4.78, 5) is 4.42. The third-order valence-electron chi connectivity index (χ3n) is 2.26. The molecule has 0 aliphatic rings. The number of oxazole rings is 1. The highest BCUT2D eigenvalue weighted by molar-refractivity contribution is 9.10. The molecule has 0 saturated carbocycles. The third-order valence-corrected chi connectivity index (χ3v) is 2.75. The van der Waals surface area contributed by atoms with Crippen LogP contribution >= 0.6 is 15.9 Å². The second-order valence-corrected chi connectivity index (χ2v) is 4.46. The molecule has 2 rings (SSSR count). The van der Waals surface area contributed by atoms with Crippen molar-refractivity contribution in [1.82, 2.24) is 4.98 Å². The quantitative estimate of drug-likeness (QED) is 0.937. The summed E-state index contributed by atoms with van der Waals surface area (Å²) in [7, 11) is 0. The molecule has 2 aromatic rings. The summed E-state index contributed by atoms with van der Waals surface area (Å²) in [6.07, 6.45) is 3.50. The fourth-order valence-electron chi connectivity index (χ4n) is 1.46. The second-order valence-electron chi connectivity index (χ2n) is 3.55. The lowest BCUT2D eigenvalue weighted by atomic mass is 10.2. The fourth-order valence-corrected chi connectivity index (χ4v) is 1.86. The van der Waals surface area contributed by atoms with E-state index >= 15 is 0 Å². The Balaban J connectivity index is 2.18. The molecule has 0 bridgehead atoms. The van der Waals surface area contributed by atoms with Crippen LogP contribution in [0.5, 0.6) is 0 Å². The van der Waals surface area contributed by atoms with Gasteiger partial charge < -0.3 is 10.2 Å². The predicted octanol–water partition coefficient (Wildman–Crippen LogP) is 3.00. The van der Waals surface area contributed by atoms with Crippen molar-refractivity contribution < 1.29 is 4.42 Å². The highest BCUT2D eigenvalue weighted by Gasteiger charge is 2.06. The molecule has 4 heteroatoms. The van der Waals surface area contributed by atoms with Crippen molar-refractivity contribution in [1.29, 1.82) is 0 Å². The highest BCUT2D eigenvalue weighted by atomic mass is 79.9. The molecule has 1 heterocycles. The lowest BCUT2D eigenvalue weighted by molar-refractivity contribution is 0.572. The number of nitrogens with two attached hydrogens (primary N) is 1. The Bertz CT molecular complexity index is 468. The topological polar surface area (TPSA) is 52.0 Å². The summed E-state index contributed by atoms with van der Waals surface area (Å²) in [5, 5.41) is 0.